The monoisotopic (exact) mass is 415 g/mol. The van der Waals surface area contributed by atoms with Crippen LogP contribution in [-0.2, 0) is 4.79 Å². The minimum atomic E-state index is -0.710. The molecule has 5 atom stereocenters. The van der Waals surface area contributed by atoms with Gasteiger partial charge in [-0.1, -0.05) is 18.6 Å². The molecular weight excluding hydrogens is 378 g/mol. The summed E-state index contributed by atoms with van der Waals surface area (Å²) in [6.07, 6.45) is 9.37. The van der Waals surface area contributed by atoms with E-state index in [1.807, 2.05) is 14.1 Å². The number of allylic oxidation sites excluding steroid dienone is 1. The van der Waals surface area contributed by atoms with Crippen molar-refractivity contribution in [3.63, 3.8) is 0 Å². The van der Waals surface area contributed by atoms with Crippen molar-refractivity contribution in [1.82, 2.24) is 15.5 Å². The number of nitrogens with one attached hydrogen (secondary N) is 2. The van der Waals surface area contributed by atoms with Crippen LogP contribution >= 0.6 is 0 Å². The van der Waals surface area contributed by atoms with Gasteiger partial charge in [-0.15, -0.1) is 0 Å². The highest BCUT2D eigenvalue weighted by Gasteiger charge is 2.71. The lowest BCUT2D eigenvalue weighted by Crippen LogP contribution is -2.61. The van der Waals surface area contributed by atoms with Crippen LogP contribution < -0.4 is 16.4 Å². The van der Waals surface area contributed by atoms with Crippen molar-refractivity contribution in [2.24, 2.45) is 39.3 Å². The fourth-order valence-corrected chi connectivity index (χ4v) is 7.54. The van der Waals surface area contributed by atoms with Gasteiger partial charge in [-0.3, -0.25) is 4.99 Å². The van der Waals surface area contributed by atoms with Gasteiger partial charge in [-0.2, -0.15) is 0 Å². The first kappa shape index (κ1) is 21.4. The van der Waals surface area contributed by atoms with E-state index in [1.54, 1.807) is 0 Å². The van der Waals surface area contributed by atoms with Gasteiger partial charge in [0, 0.05) is 42.2 Å². The molecule has 0 aromatic heterocycles. The lowest BCUT2D eigenvalue weighted by Gasteiger charge is -2.60. The summed E-state index contributed by atoms with van der Waals surface area (Å²) in [4.78, 5) is 18.8. The van der Waals surface area contributed by atoms with Gasteiger partial charge in [0.2, 0.25) is 0 Å². The molecule has 0 radical (unpaired) electrons. The quantitative estimate of drug-likeness (QED) is 0.300. The number of aliphatic carboxylic acids is 1. The molecule has 2 bridgehead atoms. The number of hydrogen-bond donors (Lipinski definition) is 4. The highest BCUT2D eigenvalue weighted by molar-refractivity contribution is 5.89. The van der Waals surface area contributed by atoms with Gasteiger partial charge >= 0.3 is 5.97 Å². The Hall–Kier alpha value is -1.86. The van der Waals surface area contributed by atoms with Gasteiger partial charge in [0.25, 0.3) is 0 Å². The van der Waals surface area contributed by atoms with Crippen LogP contribution in [0.2, 0.25) is 0 Å². The zero-order chi connectivity index (χ0) is 21.5. The summed E-state index contributed by atoms with van der Waals surface area (Å²) in [5.41, 5.74) is 8.34. The molecule has 2 saturated carbocycles. The van der Waals surface area contributed by atoms with Gasteiger partial charge in [-0.25, -0.2) is 4.79 Å². The van der Waals surface area contributed by atoms with E-state index in [0.717, 1.165) is 38.9 Å². The number of guanidine groups is 1. The largest absolute Gasteiger partial charge is 0.478 e. The Bertz CT molecular complexity index is 790. The molecule has 4 rings (SSSR count). The molecule has 7 nitrogen and oxygen atoms in total. The molecule has 7 heteroatoms. The molecule has 2 fully saturated rings. The molecule has 0 aromatic rings. The van der Waals surface area contributed by atoms with Crippen LogP contribution in [0.1, 0.15) is 39.0 Å². The molecule has 1 heterocycles. The number of carboxylic acid groups (broad SMARTS) is 1. The van der Waals surface area contributed by atoms with Crippen LogP contribution in [0.4, 0.5) is 0 Å². The summed E-state index contributed by atoms with van der Waals surface area (Å²) in [6, 6.07) is 0. The van der Waals surface area contributed by atoms with E-state index >= 15 is 0 Å². The van der Waals surface area contributed by atoms with E-state index in [2.05, 4.69) is 39.7 Å². The Morgan fingerprint density at radius 3 is 2.87 bits per heavy atom. The predicted molar refractivity (Wildman–Crippen MR) is 119 cm³/mol. The fraction of sp³-hybridized carbons (Fsp3) is 0.739. The van der Waals surface area contributed by atoms with E-state index in [1.165, 1.54) is 12.0 Å². The first-order valence-corrected chi connectivity index (χ1v) is 11.4. The number of nitrogens with zero attached hydrogens (tertiary/aromatic N) is 2. The van der Waals surface area contributed by atoms with Crippen LogP contribution in [0.15, 0.2) is 28.4 Å². The molecule has 0 amide bonds. The minimum absolute atomic E-state index is 0.00188. The summed E-state index contributed by atoms with van der Waals surface area (Å²) in [5, 5.41) is 16.5. The summed E-state index contributed by atoms with van der Waals surface area (Å²) in [7, 11) is 3.93. The van der Waals surface area contributed by atoms with Crippen molar-refractivity contribution in [3.05, 3.63) is 23.4 Å². The van der Waals surface area contributed by atoms with Crippen LogP contribution in [0.5, 0.6) is 0 Å². The average Bonchev–Trinajstić information content (AvgIpc) is 3.17. The van der Waals surface area contributed by atoms with E-state index in [-0.39, 0.29) is 10.8 Å². The Morgan fingerprint density at radius 1 is 1.37 bits per heavy atom. The van der Waals surface area contributed by atoms with Crippen LogP contribution in [-0.4, -0.2) is 62.2 Å². The molecule has 3 aliphatic carbocycles. The summed E-state index contributed by atoms with van der Waals surface area (Å²) in [6.45, 7) is 5.54. The zero-order valence-corrected chi connectivity index (χ0v) is 18.6. The Morgan fingerprint density at radius 2 is 2.17 bits per heavy atom. The molecule has 0 aromatic carbocycles. The Labute approximate surface area is 179 Å². The first-order valence-electron chi connectivity index (χ1n) is 11.4. The zero-order valence-electron chi connectivity index (χ0n) is 18.6. The maximum absolute atomic E-state index is 12.1. The topological polar surface area (TPSA) is 103 Å². The Balaban J connectivity index is 1.80. The maximum Gasteiger partial charge on any atom is 0.331 e. The molecule has 1 aliphatic heterocycles. The smallest absolute Gasteiger partial charge is 0.331 e. The second-order valence-corrected chi connectivity index (χ2v) is 9.63. The van der Waals surface area contributed by atoms with E-state index in [9.17, 15) is 9.90 Å². The van der Waals surface area contributed by atoms with E-state index < -0.39 is 5.97 Å². The number of carboxylic acids is 1. The van der Waals surface area contributed by atoms with Crippen molar-refractivity contribution in [2.45, 2.75) is 39.0 Å². The third kappa shape index (κ3) is 2.85. The molecule has 5 N–H and O–H groups in total. The second-order valence-electron chi connectivity index (χ2n) is 9.63. The van der Waals surface area contributed by atoms with Crippen molar-refractivity contribution in [1.29, 1.82) is 0 Å². The van der Waals surface area contributed by atoms with Gasteiger partial charge in [-0.05, 0) is 64.0 Å². The molecule has 30 heavy (non-hydrogen) atoms. The minimum Gasteiger partial charge on any atom is -0.478 e. The fourth-order valence-electron chi connectivity index (χ4n) is 7.54. The van der Waals surface area contributed by atoms with Gasteiger partial charge in [0.15, 0.2) is 5.96 Å². The standard InChI is InChI=1S/C23H37N5O2/c1-15-4-5-16-12-19-18(20(29)30)6-8-22(15,19)23(16)14-28(11-7-17(23)13-26-3)21(24)27-10-9-25-2/h7,11,15-17,25-26H,4-6,8-10,12-14H2,1-3H3,(H2,24,27)(H,29,30). The van der Waals surface area contributed by atoms with E-state index in [4.69, 9.17) is 5.73 Å². The molecule has 2 spiro atoms. The summed E-state index contributed by atoms with van der Waals surface area (Å²) in [5.74, 6) is 1.20. The van der Waals surface area contributed by atoms with Crippen molar-refractivity contribution in [3.8, 4) is 0 Å². The number of aliphatic imine (C=N–C) groups is 1. The average molecular weight is 416 g/mol. The second kappa shape index (κ2) is 8.00. The number of hydrogen-bond acceptors (Lipinski definition) is 4. The highest BCUT2D eigenvalue weighted by atomic mass is 16.4. The highest BCUT2D eigenvalue weighted by Crippen LogP contribution is 2.75. The number of carbonyl (C=O) groups is 1. The molecule has 4 aliphatic rings. The molecule has 166 valence electrons. The maximum atomic E-state index is 12.1. The molecule has 5 unspecified atom stereocenters. The number of likely N-dealkylation sites (N-methyl/N-ethyl adjacent to an activating group) is 1. The predicted octanol–water partition coefficient (Wildman–Crippen LogP) is 1.78. The summed E-state index contributed by atoms with van der Waals surface area (Å²) < 4.78 is 0. The number of rotatable bonds is 6. The van der Waals surface area contributed by atoms with Crippen LogP contribution in [0.3, 0.4) is 0 Å². The van der Waals surface area contributed by atoms with Gasteiger partial charge in [0.1, 0.15) is 0 Å². The van der Waals surface area contributed by atoms with E-state index in [0.29, 0.717) is 42.3 Å². The third-order valence-electron chi connectivity index (χ3n) is 8.68. The first-order chi connectivity index (χ1) is 14.4. The van der Waals surface area contributed by atoms with Crippen LogP contribution in [0.25, 0.3) is 0 Å². The van der Waals surface area contributed by atoms with Gasteiger partial charge < -0.3 is 26.4 Å². The molecule has 0 saturated heterocycles. The SMILES string of the molecule is CNCCN=C(N)N1C=CC(CNC)C2(C1)C1CCC(C)C23CCC(C(=O)O)=C3C1. The van der Waals surface area contributed by atoms with Crippen molar-refractivity contribution >= 4 is 11.9 Å². The normalized spacial score (nSPS) is 37.9. The summed E-state index contributed by atoms with van der Waals surface area (Å²) >= 11 is 0. The lowest BCUT2D eigenvalue weighted by atomic mass is 9.46. The Kier molecular flexibility index (Phi) is 5.70. The number of nitrogens with two attached hydrogens (primary N) is 1. The van der Waals surface area contributed by atoms with Crippen molar-refractivity contribution in [2.75, 3.05) is 40.3 Å². The van der Waals surface area contributed by atoms with Crippen LogP contribution in [0, 0.1) is 28.6 Å². The van der Waals surface area contributed by atoms with Gasteiger partial charge in [0.05, 0.1) is 6.54 Å². The molecular formula is C23H37N5O2. The van der Waals surface area contributed by atoms with Crippen molar-refractivity contribution < 1.29 is 9.90 Å². The third-order valence-corrected chi connectivity index (χ3v) is 8.68. The lowest BCUT2D eigenvalue weighted by molar-refractivity contribution is -0.132.